The lowest BCUT2D eigenvalue weighted by Gasteiger charge is -2.35. The number of β-amino-alcohol motifs (C(OH)–C–C–N with tert-alkyl or cyclic N) is 1. The van der Waals surface area contributed by atoms with Gasteiger partial charge in [-0.1, -0.05) is 61.9 Å². The highest BCUT2D eigenvalue weighted by atomic mass is 16.3. The van der Waals surface area contributed by atoms with Gasteiger partial charge in [0.15, 0.2) is 0 Å². The van der Waals surface area contributed by atoms with Crippen LogP contribution in [0.1, 0.15) is 80.6 Å². The third-order valence-corrected chi connectivity index (χ3v) is 7.63. The van der Waals surface area contributed by atoms with Gasteiger partial charge >= 0.3 is 0 Å². The van der Waals surface area contributed by atoms with Gasteiger partial charge in [0.2, 0.25) is 11.8 Å². The van der Waals surface area contributed by atoms with E-state index in [9.17, 15) is 14.7 Å². The van der Waals surface area contributed by atoms with Crippen LogP contribution in [0.3, 0.4) is 0 Å². The Morgan fingerprint density at radius 1 is 1.13 bits per heavy atom. The summed E-state index contributed by atoms with van der Waals surface area (Å²) in [5.74, 6) is -0.120. The van der Waals surface area contributed by atoms with Crippen molar-refractivity contribution in [2.24, 2.45) is 5.41 Å². The largest absolute Gasteiger partial charge is 0.391 e. The fraction of sp³-hybridized carbons (Fsp3) is 0.500. The molecule has 4 atom stereocenters. The third-order valence-electron chi connectivity index (χ3n) is 7.63. The Hall–Kier alpha value is -3.59. The quantitative estimate of drug-likeness (QED) is 0.461. The van der Waals surface area contributed by atoms with Crippen molar-refractivity contribution in [1.82, 2.24) is 30.2 Å². The summed E-state index contributed by atoms with van der Waals surface area (Å²) < 4.78 is 1.64. The number of aromatic nitrogens is 4. The van der Waals surface area contributed by atoms with E-state index in [0.29, 0.717) is 12.3 Å². The molecule has 2 aromatic heterocycles. The molecule has 0 bridgehead atoms. The van der Waals surface area contributed by atoms with Gasteiger partial charge in [-0.2, -0.15) is 0 Å². The van der Waals surface area contributed by atoms with Crippen LogP contribution in [-0.4, -0.2) is 60.5 Å². The number of aliphatic hydroxyl groups excluding tert-OH is 1. The van der Waals surface area contributed by atoms with E-state index < -0.39 is 23.6 Å². The number of carbonyl (C=O) groups is 2. The van der Waals surface area contributed by atoms with E-state index in [1.807, 2.05) is 64.2 Å². The van der Waals surface area contributed by atoms with Crippen LogP contribution >= 0.6 is 0 Å². The molecule has 1 aromatic carbocycles. The highest BCUT2D eigenvalue weighted by molar-refractivity contribution is 5.90. The molecule has 39 heavy (non-hydrogen) atoms. The molecule has 1 aliphatic carbocycles. The monoisotopic (exact) mass is 530 g/mol. The summed E-state index contributed by atoms with van der Waals surface area (Å²) >= 11 is 0. The average molecular weight is 531 g/mol. The molecule has 2 fully saturated rings. The number of aliphatic hydroxyl groups is 1. The van der Waals surface area contributed by atoms with Crippen LogP contribution in [-0.2, 0) is 16.0 Å². The first-order valence-electron chi connectivity index (χ1n) is 13.8. The van der Waals surface area contributed by atoms with E-state index in [1.165, 1.54) is 4.90 Å². The van der Waals surface area contributed by atoms with Crippen molar-refractivity contribution in [2.75, 3.05) is 6.54 Å². The molecule has 206 valence electrons. The van der Waals surface area contributed by atoms with Gasteiger partial charge in [0.25, 0.3) is 0 Å². The van der Waals surface area contributed by atoms with Gasteiger partial charge in [0.1, 0.15) is 12.1 Å². The molecule has 3 heterocycles. The number of aryl methyl sites for hydroxylation is 1. The molecule has 9 heteroatoms. The number of likely N-dealkylation sites (tertiary alicyclic amines) is 1. The Labute approximate surface area is 229 Å². The summed E-state index contributed by atoms with van der Waals surface area (Å²) in [4.78, 5) is 33.8. The van der Waals surface area contributed by atoms with Crippen LogP contribution in [0.15, 0.2) is 54.9 Å². The van der Waals surface area contributed by atoms with Crippen LogP contribution in [0.2, 0.25) is 0 Å². The normalized spacial score (nSPS) is 21.0. The molecule has 9 nitrogen and oxygen atoms in total. The molecule has 0 spiro atoms. The van der Waals surface area contributed by atoms with Gasteiger partial charge in [-0.25, -0.2) is 4.68 Å². The summed E-state index contributed by atoms with van der Waals surface area (Å²) in [5, 5.41) is 22.4. The minimum atomic E-state index is -0.798. The molecule has 1 saturated heterocycles. The molecule has 3 unspecified atom stereocenters. The van der Waals surface area contributed by atoms with Crippen LogP contribution in [0.5, 0.6) is 0 Å². The Balaban J connectivity index is 1.38. The molecule has 2 amide bonds. The van der Waals surface area contributed by atoms with E-state index in [1.54, 1.807) is 10.9 Å². The second-order valence-corrected chi connectivity index (χ2v) is 12.1. The van der Waals surface area contributed by atoms with Crippen LogP contribution < -0.4 is 5.32 Å². The first-order valence-corrected chi connectivity index (χ1v) is 13.8. The van der Waals surface area contributed by atoms with E-state index in [-0.39, 0.29) is 30.8 Å². The highest BCUT2D eigenvalue weighted by Crippen LogP contribution is 2.40. The van der Waals surface area contributed by atoms with Crippen molar-refractivity contribution in [3.05, 3.63) is 77.4 Å². The topological polar surface area (TPSA) is 113 Å². The predicted octanol–water partition coefficient (Wildman–Crippen LogP) is 3.51. The van der Waals surface area contributed by atoms with Crippen molar-refractivity contribution < 1.29 is 14.7 Å². The van der Waals surface area contributed by atoms with E-state index in [4.69, 9.17) is 0 Å². The molecular weight excluding hydrogens is 492 g/mol. The molecule has 2 aliphatic rings. The van der Waals surface area contributed by atoms with Crippen LogP contribution in [0.25, 0.3) is 0 Å². The highest BCUT2D eigenvalue weighted by Gasteiger charge is 2.45. The van der Waals surface area contributed by atoms with E-state index in [0.717, 1.165) is 35.4 Å². The minimum absolute atomic E-state index is 0.0971. The van der Waals surface area contributed by atoms with Gasteiger partial charge in [-0.3, -0.25) is 14.6 Å². The summed E-state index contributed by atoms with van der Waals surface area (Å²) in [6.07, 6.45) is 5.71. The van der Waals surface area contributed by atoms with Crippen LogP contribution in [0.4, 0.5) is 0 Å². The molecule has 1 saturated carbocycles. The van der Waals surface area contributed by atoms with Gasteiger partial charge < -0.3 is 15.3 Å². The standard InChI is InChI=1S/C30H38N6O3/c1-19-8-10-20(11-9-19)15-24(23-7-5-6-14-31-23)32-28(38)26-16-22(37)17-35(26)29(39)27(30(2,3)4)36-18-25(33-34-36)21-12-13-21/h5-11,14,18,21-22,24,26-27,37H,12-13,15-17H2,1-4H3,(H,32,38)/t22?,24?,26?,27-/m1/s1. The zero-order chi connectivity index (χ0) is 27.7. The Morgan fingerprint density at radius 3 is 2.51 bits per heavy atom. The van der Waals surface area contributed by atoms with E-state index >= 15 is 0 Å². The van der Waals surface area contributed by atoms with Gasteiger partial charge in [0.05, 0.1) is 23.5 Å². The Kier molecular flexibility index (Phi) is 7.53. The number of hydrogen-bond acceptors (Lipinski definition) is 6. The lowest BCUT2D eigenvalue weighted by molar-refractivity contribution is -0.144. The Bertz CT molecular complexity index is 1300. The summed E-state index contributed by atoms with van der Waals surface area (Å²) in [6, 6.07) is 12.0. The average Bonchev–Trinajstić information content (AvgIpc) is 3.51. The number of benzene rings is 1. The summed E-state index contributed by atoms with van der Waals surface area (Å²) in [5.41, 5.74) is 3.40. The van der Waals surface area contributed by atoms with E-state index in [2.05, 4.69) is 32.7 Å². The molecule has 1 aliphatic heterocycles. The number of rotatable bonds is 8. The molecule has 2 N–H and O–H groups in total. The maximum Gasteiger partial charge on any atom is 0.248 e. The molecular formula is C30H38N6O3. The molecule has 0 radical (unpaired) electrons. The number of hydrogen-bond donors (Lipinski definition) is 2. The lowest BCUT2D eigenvalue weighted by Crippen LogP contribution is -2.51. The lowest BCUT2D eigenvalue weighted by atomic mass is 9.85. The zero-order valence-corrected chi connectivity index (χ0v) is 23.1. The number of pyridine rings is 1. The van der Waals surface area contributed by atoms with Crippen molar-refractivity contribution in [2.45, 2.75) is 83.5 Å². The van der Waals surface area contributed by atoms with Crippen molar-refractivity contribution in [3.63, 3.8) is 0 Å². The fourth-order valence-electron chi connectivity index (χ4n) is 5.37. The molecule has 5 rings (SSSR count). The first-order chi connectivity index (χ1) is 18.6. The number of amides is 2. The number of nitrogens with one attached hydrogen (secondary N) is 1. The second-order valence-electron chi connectivity index (χ2n) is 12.1. The summed E-state index contributed by atoms with van der Waals surface area (Å²) in [7, 11) is 0. The Morgan fingerprint density at radius 2 is 1.87 bits per heavy atom. The maximum atomic E-state index is 14.1. The maximum absolute atomic E-state index is 14.1. The molecule has 3 aromatic rings. The zero-order valence-electron chi connectivity index (χ0n) is 23.1. The van der Waals surface area contributed by atoms with Crippen molar-refractivity contribution >= 4 is 11.8 Å². The minimum Gasteiger partial charge on any atom is -0.391 e. The van der Waals surface area contributed by atoms with Gasteiger partial charge in [-0.05, 0) is 49.3 Å². The van der Waals surface area contributed by atoms with Crippen LogP contribution in [0, 0.1) is 12.3 Å². The SMILES string of the molecule is Cc1ccc(CC(NC(=O)C2CC(O)CN2C(=O)[C@@H](n2cc(C3CC3)nn2)C(C)(C)C)c2ccccn2)cc1. The van der Waals surface area contributed by atoms with Gasteiger partial charge in [-0.15, -0.1) is 5.10 Å². The number of carbonyl (C=O) groups excluding carboxylic acids is 2. The summed E-state index contributed by atoms with van der Waals surface area (Å²) in [6.45, 7) is 8.08. The van der Waals surface area contributed by atoms with Crippen molar-refractivity contribution in [3.8, 4) is 0 Å². The second kappa shape index (κ2) is 10.9. The fourth-order valence-corrected chi connectivity index (χ4v) is 5.37. The smallest absolute Gasteiger partial charge is 0.248 e. The first kappa shape index (κ1) is 27.0. The predicted molar refractivity (Wildman–Crippen MR) is 147 cm³/mol. The number of nitrogens with zero attached hydrogens (tertiary/aromatic N) is 5. The van der Waals surface area contributed by atoms with Crippen molar-refractivity contribution in [1.29, 1.82) is 0 Å². The third kappa shape index (κ3) is 6.19. The van der Waals surface area contributed by atoms with Gasteiger partial charge in [0, 0.05) is 31.3 Å².